The number of carboxylic acids is 1. The van der Waals surface area contributed by atoms with Gasteiger partial charge in [0.05, 0.1) is 11.6 Å². The summed E-state index contributed by atoms with van der Waals surface area (Å²) < 4.78 is 0. The average molecular weight is 320 g/mol. The first-order chi connectivity index (χ1) is 10.5. The maximum absolute atomic E-state index is 11.8. The lowest BCUT2D eigenvalue weighted by atomic mass is 10.1. The molecule has 0 aliphatic heterocycles. The molecular formula is C14H16N4O3S. The Balaban J connectivity index is 1.83. The Labute approximate surface area is 131 Å². The molecule has 8 heteroatoms. The number of hydrogen-bond donors (Lipinski definition) is 3. The number of amides is 2. The predicted octanol–water partition coefficient (Wildman–Crippen LogP) is 2.11. The van der Waals surface area contributed by atoms with Crippen LogP contribution < -0.4 is 10.6 Å². The normalized spacial score (nSPS) is 11.7. The summed E-state index contributed by atoms with van der Waals surface area (Å²) in [7, 11) is 0. The standard InChI is InChI=1S/C14H16N4O3S/c1-8(12-18-17-9(2)22-12)16-14(21)15-7-10-3-5-11(6-4-10)13(19)20/h3-6,8H,7H2,1-2H3,(H,19,20)(H2,15,16,21). The fourth-order valence-electron chi connectivity index (χ4n) is 1.74. The minimum atomic E-state index is -0.974. The number of aromatic nitrogens is 2. The molecule has 3 N–H and O–H groups in total. The van der Waals surface area contributed by atoms with Gasteiger partial charge in [-0.25, -0.2) is 9.59 Å². The summed E-state index contributed by atoms with van der Waals surface area (Å²) in [4.78, 5) is 22.6. The third-order valence-corrected chi connectivity index (χ3v) is 3.94. The lowest BCUT2D eigenvalue weighted by Gasteiger charge is -2.12. The maximum Gasteiger partial charge on any atom is 0.335 e. The molecule has 0 saturated heterocycles. The minimum absolute atomic E-state index is 0.216. The number of rotatable bonds is 5. The topological polar surface area (TPSA) is 104 Å². The van der Waals surface area contributed by atoms with E-state index in [0.29, 0.717) is 6.54 Å². The number of carbonyl (C=O) groups is 2. The van der Waals surface area contributed by atoms with Crippen LogP contribution in [0.4, 0.5) is 4.79 Å². The third kappa shape index (κ3) is 4.26. The van der Waals surface area contributed by atoms with E-state index in [9.17, 15) is 9.59 Å². The number of benzene rings is 1. The van der Waals surface area contributed by atoms with Gasteiger partial charge in [-0.05, 0) is 31.5 Å². The lowest BCUT2D eigenvalue weighted by Crippen LogP contribution is -2.36. The number of hydrogen-bond acceptors (Lipinski definition) is 5. The highest BCUT2D eigenvalue weighted by Gasteiger charge is 2.13. The van der Waals surface area contributed by atoms with Crippen molar-refractivity contribution >= 4 is 23.3 Å². The quantitative estimate of drug-likeness (QED) is 0.782. The number of nitrogens with zero attached hydrogens (tertiary/aromatic N) is 2. The number of nitrogens with one attached hydrogen (secondary N) is 2. The van der Waals surface area contributed by atoms with E-state index in [0.717, 1.165) is 15.6 Å². The Kier molecular flexibility index (Phi) is 5.05. The molecule has 1 unspecified atom stereocenters. The molecule has 0 aliphatic rings. The zero-order chi connectivity index (χ0) is 16.1. The van der Waals surface area contributed by atoms with E-state index in [2.05, 4.69) is 20.8 Å². The van der Waals surface area contributed by atoms with Crippen molar-refractivity contribution in [2.45, 2.75) is 26.4 Å². The zero-order valence-electron chi connectivity index (χ0n) is 12.2. The summed E-state index contributed by atoms with van der Waals surface area (Å²) in [6.45, 7) is 4.00. The SMILES string of the molecule is Cc1nnc(C(C)NC(=O)NCc2ccc(C(=O)O)cc2)s1. The molecule has 0 spiro atoms. The fraction of sp³-hybridized carbons (Fsp3) is 0.286. The molecule has 2 rings (SSSR count). The first kappa shape index (κ1) is 15.9. The molecule has 116 valence electrons. The van der Waals surface area contributed by atoms with Gasteiger partial charge >= 0.3 is 12.0 Å². The summed E-state index contributed by atoms with van der Waals surface area (Å²) in [6, 6.07) is 5.80. The molecule has 0 bridgehead atoms. The van der Waals surface area contributed by atoms with Crippen LogP contribution in [0.25, 0.3) is 0 Å². The largest absolute Gasteiger partial charge is 0.478 e. The van der Waals surface area contributed by atoms with Crippen LogP contribution in [0.1, 0.15) is 38.9 Å². The summed E-state index contributed by atoms with van der Waals surface area (Å²) in [5.74, 6) is -0.974. The van der Waals surface area contributed by atoms with Gasteiger partial charge in [0, 0.05) is 6.54 Å². The highest BCUT2D eigenvalue weighted by molar-refractivity contribution is 7.11. The van der Waals surface area contributed by atoms with Gasteiger partial charge in [-0.1, -0.05) is 23.5 Å². The molecule has 2 amide bonds. The van der Waals surface area contributed by atoms with Crippen LogP contribution in [0.15, 0.2) is 24.3 Å². The Morgan fingerprint density at radius 3 is 2.50 bits per heavy atom. The molecule has 1 aromatic carbocycles. The summed E-state index contributed by atoms with van der Waals surface area (Å²) >= 11 is 1.44. The van der Waals surface area contributed by atoms with Crippen LogP contribution in [0.3, 0.4) is 0 Å². The molecule has 0 fully saturated rings. The maximum atomic E-state index is 11.8. The van der Waals surface area contributed by atoms with Gasteiger partial charge in [0.25, 0.3) is 0 Å². The monoisotopic (exact) mass is 320 g/mol. The first-order valence-electron chi connectivity index (χ1n) is 6.62. The number of carboxylic acid groups (broad SMARTS) is 1. The van der Waals surface area contributed by atoms with Crippen LogP contribution in [0.2, 0.25) is 0 Å². The number of aromatic carboxylic acids is 1. The molecule has 0 radical (unpaired) electrons. The van der Waals surface area contributed by atoms with Crippen molar-refractivity contribution < 1.29 is 14.7 Å². The molecule has 0 saturated carbocycles. The molecule has 22 heavy (non-hydrogen) atoms. The lowest BCUT2D eigenvalue weighted by molar-refractivity contribution is 0.0697. The second-order valence-electron chi connectivity index (χ2n) is 4.71. The van der Waals surface area contributed by atoms with Crippen molar-refractivity contribution in [2.75, 3.05) is 0 Å². The van der Waals surface area contributed by atoms with Gasteiger partial charge in [-0.2, -0.15) is 0 Å². The van der Waals surface area contributed by atoms with Gasteiger partial charge in [-0.3, -0.25) is 0 Å². The fourth-order valence-corrected chi connectivity index (χ4v) is 2.45. The molecular weight excluding hydrogens is 304 g/mol. The van der Waals surface area contributed by atoms with E-state index in [1.165, 1.54) is 23.5 Å². The summed E-state index contributed by atoms with van der Waals surface area (Å²) in [6.07, 6.45) is 0. The highest BCUT2D eigenvalue weighted by Crippen LogP contribution is 2.16. The minimum Gasteiger partial charge on any atom is -0.478 e. The van der Waals surface area contributed by atoms with Crippen molar-refractivity contribution in [3.05, 3.63) is 45.4 Å². The molecule has 7 nitrogen and oxygen atoms in total. The molecule has 0 aliphatic carbocycles. The molecule has 2 aromatic rings. The van der Waals surface area contributed by atoms with Crippen LogP contribution in [0, 0.1) is 6.92 Å². The van der Waals surface area contributed by atoms with Crippen molar-refractivity contribution in [2.24, 2.45) is 0 Å². The number of aryl methyl sites for hydroxylation is 1. The number of urea groups is 1. The average Bonchev–Trinajstić information content (AvgIpc) is 2.92. The number of carbonyl (C=O) groups excluding carboxylic acids is 1. The Hall–Kier alpha value is -2.48. The van der Waals surface area contributed by atoms with E-state index >= 15 is 0 Å². The van der Waals surface area contributed by atoms with Crippen LogP contribution in [-0.4, -0.2) is 27.3 Å². The van der Waals surface area contributed by atoms with Crippen molar-refractivity contribution in [3.8, 4) is 0 Å². The van der Waals surface area contributed by atoms with Crippen molar-refractivity contribution in [1.29, 1.82) is 0 Å². The Bertz CT molecular complexity index is 669. The Morgan fingerprint density at radius 1 is 1.27 bits per heavy atom. The summed E-state index contributed by atoms with van der Waals surface area (Å²) in [5, 5.41) is 23.8. The third-order valence-electron chi connectivity index (χ3n) is 2.91. The van der Waals surface area contributed by atoms with Gasteiger partial charge in [-0.15, -0.1) is 10.2 Å². The van der Waals surface area contributed by atoms with Gasteiger partial charge in [0.15, 0.2) is 0 Å². The van der Waals surface area contributed by atoms with Crippen LogP contribution in [0.5, 0.6) is 0 Å². The highest BCUT2D eigenvalue weighted by atomic mass is 32.1. The van der Waals surface area contributed by atoms with Gasteiger partial charge in [0.2, 0.25) is 0 Å². The van der Waals surface area contributed by atoms with Crippen molar-refractivity contribution in [3.63, 3.8) is 0 Å². The second-order valence-corrected chi connectivity index (χ2v) is 5.92. The first-order valence-corrected chi connectivity index (χ1v) is 7.44. The predicted molar refractivity (Wildman–Crippen MR) is 81.8 cm³/mol. The van der Waals surface area contributed by atoms with Gasteiger partial charge in [0.1, 0.15) is 10.0 Å². The zero-order valence-corrected chi connectivity index (χ0v) is 13.0. The van der Waals surface area contributed by atoms with Gasteiger partial charge < -0.3 is 15.7 Å². The van der Waals surface area contributed by atoms with E-state index in [1.54, 1.807) is 12.1 Å². The van der Waals surface area contributed by atoms with E-state index < -0.39 is 5.97 Å². The molecule has 1 atom stereocenters. The smallest absolute Gasteiger partial charge is 0.335 e. The molecule has 1 aromatic heterocycles. The van der Waals surface area contributed by atoms with Crippen LogP contribution >= 0.6 is 11.3 Å². The van der Waals surface area contributed by atoms with E-state index in [4.69, 9.17) is 5.11 Å². The second kappa shape index (κ2) is 6.99. The van der Waals surface area contributed by atoms with Crippen LogP contribution in [-0.2, 0) is 6.54 Å². The van der Waals surface area contributed by atoms with Crippen molar-refractivity contribution in [1.82, 2.24) is 20.8 Å². The molecule has 1 heterocycles. The Morgan fingerprint density at radius 2 is 1.95 bits per heavy atom. The van der Waals surface area contributed by atoms with E-state index in [1.807, 2.05) is 13.8 Å². The summed E-state index contributed by atoms with van der Waals surface area (Å²) in [5.41, 5.74) is 1.04. The van der Waals surface area contributed by atoms with E-state index in [-0.39, 0.29) is 17.6 Å².